The number of halogens is 2. The van der Waals surface area contributed by atoms with E-state index in [-0.39, 0.29) is 35.6 Å². The zero-order chi connectivity index (χ0) is 21.2. The molecule has 0 aliphatic rings. The van der Waals surface area contributed by atoms with Gasteiger partial charge in [-0.05, 0) is 24.7 Å². The Balaban J connectivity index is 0. The van der Waals surface area contributed by atoms with Crippen LogP contribution in [0.4, 0.5) is 0 Å². The van der Waals surface area contributed by atoms with Crippen LogP contribution in [-0.4, -0.2) is 9.52 Å². The fraction of sp³-hybridized carbons (Fsp3) is 0.357. The van der Waals surface area contributed by atoms with E-state index in [9.17, 15) is 0 Å². The minimum absolute atomic E-state index is 0. The summed E-state index contributed by atoms with van der Waals surface area (Å²) in [5.41, 5.74) is 2.94. The monoisotopic (exact) mass is 528 g/mol. The topological polar surface area (TPSA) is 0 Å². The van der Waals surface area contributed by atoms with Gasteiger partial charge >= 0.3 is 26.2 Å². The molecule has 0 saturated heterocycles. The molecule has 32 heavy (non-hydrogen) atoms. The van der Waals surface area contributed by atoms with Gasteiger partial charge in [0.05, 0.1) is 0 Å². The molecule has 4 rings (SSSR count). The third-order valence-corrected chi connectivity index (χ3v) is 4.64. The van der Waals surface area contributed by atoms with Crippen LogP contribution in [-0.2, 0) is 39.0 Å². The van der Waals surface area contributed by atoms with Crippen LogP contribution in [0.15, 0.2) is 72.8 Å². The van der Waals surface area contributed by atoms with Crippen LogP contribution in [0.3, 0.4) is 0 Å². The fourth-order valence-corrected chi connectivity index (χ4v) is 3.61. The summed E-state index contributed by atoms with van der Waals surface area (Å²) in [4.78, 5) is 0. The summed E-state index contributed by atoms with van der Waals surface area (Å²) in [7, 11) is 1.08. The molecule has 0 unspecified atom stereocenters. The molecule has 0 N–H and O–H groups in total. The number of hydrogen-bond donors (Lipinski definition) is 0. The Labute approximate surface area is 215 Å². The second kappa shape index (κ2) is 17.1. The average molecular weight is 530 g/mol. The van der Waals surface area contributed by atoms with Gasteiger partial charge in [-0.15, -0.1) is 81.2 Å². The van der Waals surface area contributed by atoms with Crippen molar-refractivity contribution in [1.82, 2.24) is 0 Å². The van der Waals surface area contributed by atoms with Crippen LogP contribution in [0, 0.1) is 11.8 Å². The van der Waals surface area contributed by atoms with E-state index in [2.05, 4.69) is 114 Å². The normalized spacial score (nSPS) is 9.75. The molecule has 0 fully saturated rings. The predicted molar refractivity (Wildman–Crippen MR) is 134 cm³/mol. The van der Waals surface area contributed by atoms with E-state index in [4.69, 9.17) is 0 Å². The van der Waals surface area contributed by atoms with Crippen molar-refractivity contribution in [1.29, 1.82) is 0 Å². The molecule has 4 aromatic rings. The molecule has 0 spiro atoms. The van der Waals surface area contributed by atoms with E-state index < -0.39 is 0 Å². The second-order valence-electron chi connectivity index (χ2n) is 8.68. The van der Waals surface area contributed by atoms with Crippen molar-refractivity contribution in [2.24, 2.45) is 11.8 Å². The number of benzene rings is 2. The number of hydrogen-bond acceptors (Lipinski definition) is 0. The first kappa shape index (κ1) is 32.8. The van der Waals surface area contributed by atoms with Gasteiger partial charge in [-0.3, -0.25) is 0 Å². The summed E-state index contributed by atoms with van der Waals surface area (Å²) in [5, 5.41) is 5.49. The number of fused-ring (bicyclic) bond motifs is 2. The predicted octanol–water partition coefficient (Wildman–Crippen LogP) is 2.31. The zero-order valence-corrected chi connectivity index (χ0v) is 23.7. The molecule has 0 saturated carbocycles. The molecule has 0 nitrogen and oxygen atoms in total. The van der Waals surface area contributed by atoms with Gasteiger partial charge in [-0.25, -0.2) is 0 Å². The Bertz CT molecular complexity index is 839. The smallest absolute Gasteiger partial charge is 1.00 e. The van der Waals surface area contributed by atoms with Crippen LogP contribution in [0.5, 0.6) is 0 Å². The summed E-state index contributed by atoms with van der Waals surface area (Å²) in [6.45, 7) is 13.4. The van der Waals surface area contributed by atoms with E-state index in [1.165, 1.54) is 45.5 Å². The van der Waals surface area contributed by atoms with Crippen LogP contribution in [0.25, 0.3) is 21.5 Å². The average Bonchev–Trinajstić information content (AvgIpc) is 3.24. The van der Waals surface area contributed by atoms with Gasteiger partial charge in [-0.2, -0.15) is 12.1 Å². The van der Waals surface area contributed by atoms with Crippen LogP contribution in [0.1, 0.15) is 38.8 Å². The van der Waals surface area contributed by atoms with E-state index >= 15 is 0 Å². The van der Waals surface area contributed by atoms with E-state index in [0.29, 0.717) is 0 Å². The minimum Gasteiger partial charge on any atom is -1.00 e. The molecular weight excluding hydrogens is 494 g/mol. The van der Waals surface area contributed by atoms with Crippen LogP contribution < -0.4 is 9.41 Å². The van der Waals surface area contributed by atoms with Crippen LogP contribution in [0.2, 0.25) is 13.1 Å². The van der Waals surface area contributed by atoms with Crippen molar-refractivity contribution in [3.63, 3.8) is 0 Å². The Hall–Kier alpha value is -1.38. The van der Waals surface area contributed by atoms with Gasteiger partial charge < -0.3 is 9.41 Å². The zero-order valence-electron chi connectivity index (χ0n) is 20.3. The maximum absolute atomic E-state index is 2.30. The fourth-order valence-electron chi connectivity index (χ4n) is 3.61. The van der Waals surface area contributed by atoms with Gasteiger partial charge in [0.2, 0.25) is 0 Å². The standard InChI is InChI=1S/2C13H15.C2H6Si.2FH.Zr/c2*1-10(2)7-11-8-12-5-3-4-6-13(12)9-11;1-3-2;;;/h2*3-6,8-10H,7H2,1-2H3;1-2H3;2*1H;/q2*-1;;;;+4/p-2. The molecule has 0 heterocycles. The summed E-state index contributed by atoms with van der Waals surface area (Å²) in [6.07, 6.45) is 2.38. The first-order chi connectivity index (χ1) is 13.9. The molecule has 0 amide bonds. The van der Waals surface area contributed by atoms with Crippen molar-refractivity contribution in [2.45, 2.75) is 53.6 Å². The SMILES string of the molecule is CC(C)Cc1cc2ccccc2[cH-]1.CC(C)Cc1cc2ccccc2[cH-]1.C[Si]C.[F-].[F-].[Zr+4]. The molecule has 0 aromatic heterocycles. The van der Waals surface area contributed by atoms with Gasteiger partial charge in [0.1, 0.15) is 0 Å². The van der Waals surface area contributed by atoms with Crippen molar-refractivity contribution >= 4 is 31.1 Å². The molecular formula is C28H36F2SiZr. The third-order valence-electron chi connectivity index (χ3n) is 4.64. The molecule has 4 heteroatoms. The summed E-state index contributed by atoms with van der Waals surface area (Å²) >= 11 is 0. The van der Waals surface area contributed by atoms with Gasteiger partial charge in [-0.1, -0.05) is 52.9 Å². The maximum Gasteiger partial charge on any atom is 4.00 e. The molecule has 2 radical (unpaired) electrons. The van der Waals surface area contributed by atoms with Gasteiger partial charge in [0.15, 0.2) is 0 Å². The molecule has 0 aliphatic carbocycles. The second-order valence-corrected chi connectivity index (χ2v) is 9.68. The number of rotatable bonds is 4. The summed E-state index contributed by atoms with van der Waals surface area (Å²) < 4.78 is 0. The summed E-state index contributed by atoms with van der Waals surface area (Å²) in [6, 6.07) is 26.3. The van der Waals surface area contributed by atoms with Crippen molar-refractivity contribution in [3.8, 4) is 0 Å². The Morgan fingerprint density at radius 1 is 0.656 bits per heavy atom. The maximum atomic E-state index is 2.30. The summed E-state index contributed by atoms with van der Waals surface area (Å²) in [5.74, 6) is 1.49. The van der Waals surface area contributed by atoms with Crippen molar-refractivity contribution in [2.75, 3.05) is 0 Å². The van der Waals surface area contributed by atoms with Gasteiger partial charge in [0.25, 0.3) is 0 Å². The minimum atomic E-state index is 0. The molecule has 170 valence electrons. The van der Waals surface area contributed by atoms with E-state index in [0.717, 1.165) is 21.4 Å². The quantitative estimate of drug-likeness (QED) is 0.281. The van der Waals surface area contributed by atoms with E-state index in [1.807, 2.05) is 0 Å². The molecule has 4 aromatic carbocycles. The van der Waals surface area contributed by atoms with Gasteiger partial charge in [0, 0.05) is 9.52 Å². The first-order valence-electron chi connectivity index (χ1n) is 10.8. The largest absolute Gasteiger partial charge is 4.00 e. The first-order valence-corrected chi connectivity index (χ1v) is 12.8. The van der Waals surface area contributed by atoms with E-state index in [1.54, 1.807) is 0 Å². The Morgan fingerprint density at radius 3 is 1.25 bits per heavy atom. The molecule has 0 aliphatic heterocycles. The van der Waals surface area contributed by atoms with Crippen molar-refractivity contribution in [3.05, 3.63) is 83.9 Å². The third kappa shape index (κ3) is 11.0. The van der Waals surface area contributed by atoms with Crippen LogP contribution >= 0.6 is 0 Å². The molecule has 0 atom stereocenters. The van der Waals surface area contributed by atoms with Crippen molar-refractivity contribution < 1.29 is 35.6 Å². The Morgan fingerprint density at radius 2 is 0.969 bits per heavy atom. The molecule has 0 bridgehead atoms. The Kier molecular flexibility index (Phi) is 17.6.